The average molecular weight is 210 g/mol. The Morgan fingerprint density at radius 2 is 2.36 bits per heavy atom. The molecule has 3 heteroatoms. The van der Waals surface area contributed by atoms with Gasteiger partial charge in [0.15, 0.2) is 6.33 Å². The number of aryl methyl sites for hydroxylation is 1. The van der Waals surface area contributed by atoms with Crippen LogP contribution in [0.25, 0.3) is 11.0 Å². The van der Waals surface area contributed by atoms with Gasteiger partial charge in [0.2, 0.25) is 0 Å². The summed E-state index contributed by atoms with van der Waals surface area (Å²) >= 11 is 3.38. The molecule has 0 aliphatic heterocycles. The van der Waals surface area contributed by atoms with Gasteiger partial charge in [0.25, 0.3) is 0 Å². The fraction of sp³-hybridized carbons (Fsp3) is 0.125. The fourth-order valence-electron chi connectivity index (χ4n) is 1.05. The minimum Gasteiger partial charge on any atom is -0.324 e. The molecule has 0 aliphatic carbocycles. The number of halogens is 1. The molecule has 0 saturated carbocycles. The van der Waals surface area contributed by atoms with Crippen molar-refractivity contribution in [2.45, 2.75) is 0 Å². The molecule has 0 aliphatic rings. The van der Waals surface area contributed by atoms with E-state index in [-0.39, 0.29) is 0 Å². The number of fused-ring (bicyclic) bond motifs is 1. The third-order valence-corrected chi connectivity index (χ3v) is 2.11. The number of hydrogen-bond acceptors (Lipinski definition) is 1. The maximum absolute atomic E-state index is 4.09. The monoisotopic (exact) mass is 209 g/mol. The minimum atomic E-state index is 0.974. The second-order valence-corrected chi connectivity index (χ2v) is 3.32. The molecule has 11 heavy (non-hydrogen) atoms. The van der Waals surface area contributed by atoms with Crippen molar-refractivity contribution in [3.8, 4) is 0 Å². The Bertz CT molecular complexity index is 392. The average Bonchev–Trinajstić information content (AvgIpc) is 2.32. The summed E-state index contributed by atoms with van der Waals surface area (Å²) in [5, 5.41) is 0. The maximum atomic E-state index is 4.09. The second kappa shape index (κ2) is 2.34. The van der Waals surface area contributed by atoms with Crippen molar-refractivity contribution < 1.29 is 0 Å². The first-order valence-electron chi connectivity index (χ1n) is 3.27. The first-order chi connectivity index (χ1) is 5.27. The predicted molar refractivity (Wildman–Crippen MR) is 47.3 cm³/mol. The number of nitrogens with zero attached hydrogens (tertiary/aromatic N) is 2. The van der Waals surface area contributed by atoms with Crippen LogP contribution in [0.1, 0.15) is 0 Å². The van der Waals surface area contributed by atoms with Crippen molar-refractivity contribution >= 4 is 27.0 Å². The summed E-state index contributed by atoms with van der Waals surface area (Å²) in [5.74, 6) is 0. The molecule has 1 heterocycles. The fourth-order valence-corrected chi connectivity index (χ4v) is 1.40. The van der Waals surface area contributed by atoms with Crippen LogP contribution in [0.2, 0.25) is 0 Å². The molecule has 2 aromatic rings. The first-order valence-corrected chi connectivity index (χ1v) is 4.06. The van der Waals surface area contributed by atoms with Gasteiger partial charge in [-0.1, -0.05) is 15.9 Å². The van der Waals surface area contributed by atoms with Gasteiger partial charge in [-0.3, -0.25) is 0 Å². The molecule has 55 valence electrons. The zero-order chi connectivity index (χ0) is 7.84. The summed E-state index contributed by atoms with van der Waals surface area (Å²) in [5.41, 5.74) is 2.08. The van der Waals surface area contributed by atoms with E-state index in [2.05, 4.69) is 27.2 Å². The van der Waals surface area contributed by atoms with Gasteiger partial charge in [-0.15, -0.1) is 0 Å². The molecule has 0 N–H and O–H groups in total. The summed E-state index contributed by atoms with van der Waals surface area (Å²) in [6, 6.07) is 5.99. The van der Waals surface area contributed by atoms with E-state index in [1.165, 1.54) is 0 Å². The standard InChI is InChI=1S/C8H6BrN2/c1-11-5-10-7-4-6(9)2-3-8(7)11/h2-4H,1H3. The summed E-state index contributed by atoms with van der Waals surface area (Å²) in [4.78, 5) is 4.09. The quantitative estimate of drug-likeness (QED) is 0.651. The molecule has 1 aromatic carbocycles. The largest absolute Gasteiger partial charge is 0.324 e. The Balaban J connectivity index is 2.86. The molecular formula is C8H6BrN2. The zero-order valence-electron chi connectivity index (χ0n) is 6.00. The van der Waals surface area contributed by atoms with Gasteiger partial charge < -0.3 is 4.57 Å². The van der Waals surface area contributed by atoms with Crippen molar-refractivity contribution in [2.75, 3.05) is 0 Å². The van der Waals surface area contributed by atoms with Gasteiger partial charge in [0.05, 0.1) is 11.0 Å². The Hall–Kier alpha value is -0.830. The van der Waals surface area contributed by atoms with Gasteiger partial charge in [0, 0.05) is 11.5 Å². The van der Waals surface area contributed by atoms with E-state index in [1.807, 2.05) is 29.8 Å². The van der Waals surface area contributed by atoms with Crippen LogP contribution in [0.5, 0.6) is 0 Å². The highest BCUT2D eigenvalue weighted by molar-refractivity contribution is 9.10. The van der Waals surface area contributed by atoms with Gasteiger partial charge in [0.1, 0.15) is 0 Å². The predicted octanol–water partition coefficient (Wildman–Crippen LogP) is 2.14. The van der Waals surface area contributed by atoms with Crippen LogP contribution in [-0.2, 0) is 7.05 Å². The minimum absolute atomic E-state index is 0.974. The SMILES string of the molecule is Cn1[c]nc2cc(Br)ccc21. The number of hydrogen-bond donors (Lipinski definition) is 0. The number of benzene rings is 1. The van der Waals surface area contributed by atoms with Gasteiger partial charge in [-0.05, 0) is 18.2 Å². The lowest BCUT2D eigenvalue weighted by Crippen LogP contribution is -1.82. The summed E-state index contributed by atoms with van der Waals surface area (Å²) in [6.45, 7) is 0. The molecule has 1 aromatic heterocycles. The normalized spacial score (nSPS) is 10.7. The topological polar surface area (TPSA) is 17.8 Å². The Morgan fingerprint density at radius 1 is 1.55 bits per heavy atom. The molecule has 2 nitrogen and oxygen atoms in total. The summed E-state index contributed by atoms with van der Waals surface area (Å²) in [7, 11) is 1.93. The smallest absolute Gasteiger partial charge is 0.177 e. The van der Waals surface area contributed by atoms with Crippen LogP contribution in [0.4, 0.5) is 0 Å². The van der Waals surface area contributed by atoms with Crippen LogP contribution in [0, 0.1) is 6.33 Å². The molecule has 0 fully saturated rings. The van der Waals surface area contributed by atoms with Crippen LogP contribution in [0.15, 0.2) is 22.7 Å². The molecule has 2 rings (SSSR count). The Kier molecular flexibility index (Phi) is 1.46. The van der Waals surface area contributed by atoms with E-state index >= 15 is 0 Å². The van der Waals surface area contributed by atoms with Crippen molar-refractivity contribution in [3.63, 3.8) is 0 Å². The molecule has 1 radical (unpaired) electrons. The first kappa shape index (κ1) is 6.85. The van der Waals surface area contributed by atoms with Crippen molar-refractivity contribution in [1.82, 2.24) is 9.55 Å². The van der Waals surface area contributed by atoms with Gasteiger partial charge in [-0.2, -0.15) is 0 Å². The van der Waals surface area contributed by atoms with Gasteiger partial charge in [-0.25, -0.2) is 4.98 Å². The molecular weight excluding hydrogens is 204 g/mol. The molecule has 0 bridgehead atoms. The maximum Gasteiger partial charge on any atom is 0.177 e. The molecule has 0 unspecified atom stereocenters. The van der Waals surface area contributed by atoms with E-state index in [4.69, 9.17) is 0 Å². The van der Waals surface area contributed by atoms with E-state index < -0.39 is 0 Å². The van der Waals surface area contributed by atoms with Crippen LogP contribution >= 0.6 is 15.9 Å². The Morgan fingerprint density at radius 3 is 3.18 bits per heavy atom. The van der Waals surface area contributed by atoms with E-state index in [0.717, 1.165) is 15.5 Å². The highest BCUT2D eigenvalue weighted by atomic mass is 79.9. The highest BCUT2D eigenvalue weighted by Gasteiger charge is 1.98. The molecule has 0 atom stereocenters. The van der Waals surface area contributed by atoms with Crippen molar-refractivity contribution in [2.24, 2.45) is 7.05 Å². The third kappa shape index (κ3) is 1.05. The van der Waals surface area contributed by atoms with E-state index in [9.17, 15) is 0 Å². The lowest BCUT2D eigenvalue weighted by atomic mass is 10.3. The van der Waals surface area contributed by atoms with Gasteiger partial charge >= 0.3 is 0 Å². The number of rotatable bonds is 0. The second-order valence-electron chi connectivity index (χ2n) is 2.40. The van der Waals surface area contributed by atoms with Crippen LogP contribution in [0.3, 0.4) is 0 Å². The van der Waals surface area contributed by atoms with Crippen LogP contribution < -0.4 is 0 Å². The van der Waals surface area contributed by atoms with Crippen LogP contribution in [-0.4, -0.2) is 9.55 Å². The zero-order valence-corrected chi connectivity index (χ0v) is 7.59. The van der Waals surface area contributed by atoms with E-state index in [0.29, 0.717) is 0 Å². The third-order valence-electron chi connectivity index (χ3n) is 1.62. The number of imidazole rings is 1. The summed E-state index contributed by atoms with van der Waals surface area (Å²) < 4.78 is 2.93. The highest BCUT2D eigenvalue weighted by Crippen LogP contribution is 2.17. The summed E-state index contributed by atoms with van der Waals surface area (Å²) in [6.07, 6.45) is 2.85. The molecule has 0 spiro atoms. The number of aromatic nitrogens is 2. The van der Waals surface area contributed by atoms with E-state index in [1.54, 1.807) is 0 Å². The lowest BCUT2D eigenvalue weighted by molar-refractivity contribution is 0.936. The van der Waals surface area contributed by atoms with Crippen molar-refractivity contribution in [3.05, 3.63) is 29.0 Å². The molecule has 0 saturated heterocycles. The lowest BCUT2D eigenvalue weighted by Gasteiger charge is -1.92. The Labute approximate surface area is 73.0 Å². The molecule has 0 amide bonds. The van der Waals surface area contributed by atoms with Crippen molar-refractivity contribution in [1.29, 1.82) is 0 Å².